The molecule has 0 radical (unpaired) electrons. The number of H-pyrrole nitrogens is 2. The summed E-state index contributed by atoms with van der Waals surface area (Å²) in [5, 5.41) is 9.14. The second kappa shape index (κ2) is 6.25. The highest BCUT2D eigenvalue weighted by molar-refractivity contribution is 6.31. The molecule has 3 heterocycles. The van der Waals surface area contributed by atoms with E-state index in [0.29, 0.717) is 11.1 Å². The van der Waals surface area contributed by atoms with Crippen molar-refractivity contribution < 1.29 is 0 Å². The number of rotatable bonds is 3. The number of halogens is 1. The molecule has 0 saturated carbocycles. The maximum Gasteiger partial charge on any atom is 0.159 e. The number of fused-ring (bicyclic) bond motifs is 2. The molecule has 1 unspecified atom stereocenters. The Bertz CT molecular complexity index is 1130. The number of imidazole rings is 1. The molecule has 2 aromatic carbocycles. The molecule has 4 aromatic rings. The Morgan fingerprint density at radius 1 is 1.15 bits per heavy atom. The Hall–Kier alpha value is -2.57. The second-order valence-corrected chi connectivity index (χ2v) is 7.84. The number of nitrogens with zero attached hydrogens (tertiary/aromatic N) is 4. The van der Waals surface area contributed by atoms with Crippen molar-refractivity contribution in [2.45, 2.75) is 12.5 Å². The summed E-state index contributed by atoms with van der Waals surface area (Å²) in [6, 6.07) is 12.7. The third-order valence-electron chi connectivity index (χ3n) is 5.47. The van der Waals surface area contributed by atoms with Gasteiger partial charge in [-0.2, -0.15) is 5.10 Å². The van der Waals surface area contributed by atoms with Gasteiger partial charge in [0.15, 0.2) is 5.82 Å². The van der Waals surface area contributed by atoms with Crippen LogP contribution in [0.25, 0.3) is 33.5 Å². The standard InChI is InChI=1S/C20H21ClN6/c1-26(2)14-7-8-27(11-14)13-4-6-17-18(10-13)23-20(22-17)19-15-9-12(21)3-5-16(15)24-25-19/h3-6,9-10,14H,7-8,11H2,1-2H3,(H,22,23)(H,24,25). The van der Waals surface area contributed by atoms with Crippen LogP contribution in [0.1, 0.15) is 6.42 Å². The van der Waals surface area contributed by atoms with E-state index < -0.39 is 0 Å². The third-order valence-corrected chi connectivity index (χ3v) is 5.71. The molecule has 2 N–H and O–H groups in total. The number of hydrogen-bond donors (Lipinski definition) is 2. The topological polar surface area (TPSA) is 63.8 Å². The van der Waals surface area contributed by atoms with E-state index in [4.69, 9.17) is 16.6 Å². The molecule has 0 aliphatic carbocycles. The SMILES string of the molecule is CN(C)C1CCN(c2ccc3nc(-c4n[nH]c5ccc(Cl)cc45)[nH]c3c2)C1. The summed E-state index contributed by atoms with van der Waals surface area (Å²) in [7, 11) is 4.30. The van der Waals surface area contributed by atoms with E-state index in [2.05, 4.69) is 57.3 Å². The van der Waals surface area contributed by atoms with E-state index in [1.807, 2.05) is 18.2 Å². The smallest absolute Gasteiger partial charge is 0.159 e. The van der Waals surface area contributed by atoms with Gasteiger partial charge >= 0.3 is 0 Å². The quantitative estimate of drug-likeness (QED) is 0.565. The van der Waals surface area contributed by atoms with E-state index in [1.165, 1.54) is 12.1 Å². The van der Waals surface area contributed by atoms with Crippen LogP contribution in [0.4, 0.5) is 5.69 Å². The van der Waals surface area contributed by atoms with Crippen molar-refractivity contribution in [1.82, 2.24) is 25.1 Å². The average molecular weight is 381 g/mol. The molecule has 1 aliphatic rings. The second-order valence-electron chi connectivity index (χ2n) is 7.40. The summed E-state index contributed by atoms with van der Waals surface area (Å²) in [4.78, 5) is 12.9. The van der Waals surface area contributed by atoms with Gasteiger partial charge in [-0.15, -0.1) is 0 Å². The van der Waals surface area contributed by atoms with Gasteiger partial charge < -0.3 is 14.8 Å². The molecule has 1 fully saturated rings. The number of likely N-dealkylation sites (N-methyl/N-ethyl adjacent to an activating group) is 1. The molecule has 0 amide bonds. The van der Waals surface area contributed by atoms with Gasteiger partial charge in [0.2, 0.25) is 0 Å². The maximum absolute atomic E-state index is 6.16. The zero-order valence-electron chi connectivity index (χ0n) is 15.3. The Labute approximate surface area is 162 Å². The summed E-state index contributed by atoms with van der Waals surface area (Å²) in [5.74, 6) is 0.753. The first kappa shape index (κ1) is 16.6. The molecule has 1 aliphatic heterocycles. The lowest BCUT2D eigenvalue weighted by Crippen LogP contribution is -2.31. The minimum atomic E-state index is 0.609. The Balaban J connectivity index is 1.51. The number of nitrogens with one attached hydrogen (secondary N) is 2. The van der Waals surface area contributed by atoms with Crippen molar-refractivity contribution in [2.75, 3.05) is 32.1 Å². The minimum absolute atomic E-state index is 0.609. The lowest BCUT2D eigenvalue weighted by Gasteiger charge is -2.21. The third kappa shape index (κ3) is 2.85. The summed E-state index contributed by atoms with van der Waals surface area (Å²) < 4.78 is 0. The monoisotopic (exact) mass is 380 g/mol. The average Bonchev–Trinajstić information content (AvgIpc) is 3.37. The van der Waals surface area contributed by atoms with Crippen LogP contribution in [0.2, 0.25) is 5.02 Å². The molecule has 1 saturated heterocycles. The fraction of sp³-hybridized carbons (Fsp3) is 0.300. The van der Waals surface area contributed by atoms with Crippen LogP contribution in [0, 0.1) is 0 Å². The largest absolute Gasteiger partial charge is 0.370 e. The highest BCUT2D eigenvalue weighted by Gasteiger charge is 2.24. The van der Waals surface area contributed by atoms with Gasteiger partial charge in [-0.3, -0.25) is 5.10 Å². The fourth-order valence-corrected chi connectivity index (χ4v) is 4.04. The first-order chi connectivity index (χ1) is 13.1. The molecule has 0 spiro atoms. The van der Waals surface area contributed by atoms with Crippen LogP contribution in [0.15, 0.2) is 36.4 Å². The van der Waals surface area contributed by atoms with Crippen LogP contribution in [0.5, 0.6) is 0 Å². The molecule has 7 heteroatoms. The molecule has 6 nitrogen and oxygen atoms in total. The van der Waals surface area contributed by atoms with E-state index >= 15 is 0 Å². The van der Waals surface area contributed by atoms with Gasteiger partial charge in [-0.05, 0) is 56.9 Å². The number of aromatic nitrogens is 4. The van der Waals surface area contributed by atoms with Crippen molar-refractivity contribution in [3.8, 4) is 11.5 Å². The summed E-state index contributed by atoms with van der Waals surface area (Å²) in [5.41, 5.74) is 4.93. The first-order valence-electron chi connectivity index (χ1n) is 9.13. The number of anilines is 1. The zero-order chi connectivity index (χ0) is 18.5. The van der Waals surface area contributed by atoms with Crippen LogP contribution in [0.3, 0.4) is 0 Å². The van der Waals surface area contributed by atoms with Crippen molar-refractivity contribution in [3.05, 3.63) is 41.4 Å². The number of hydrogen-bond acceptors (Lipinski definition) is 4. The van der Waals surface area contributed by atoms with Gasteiger partial charge in [-0.1, -0.05) is 11.6 Å². The van der Waals surface area contributed by atoms with Gasteiger partial charge in [-0.25, -0.2) is 4.98 Å². The molecule has 0 bridgehead atoms. The predicted molar refractivity (Wildman–Crippen MR) is 110 cm³/mol. The number of aromatic amines is 2. The zero-order valence-corrected chi connectivity index (χ0v) is 16.1. The predicted octanol–water partition coefficient (Wildman–Crippen LogP) is 3.90. The van der Waals surface area contributed by atoms with Crippen LogP contribution in [-0.4, -0.2) is 58.3 Å². The summed E-state index contributed by atoms with van der Waals surface area (Å²) in [6.45, 7) is 2.14. The van der Waals surface area contributed by atoms with E-state index in [1.54, 1.807) is 0 Å². The number of benzene rings is 2. The first-order valence-corrected chi connectivity index (χ1v) is 9.51. The lowest BCUT2D eigenvalue weighted by molar-refractivity contribution is 0.315. The normalized spacial score (nSPS) is 17.6. The Morgan fingerprint density at radius 2 is 2.04 bits per heavy atom. The van der Waals surface area contributed by atoms with E-state index in [9.17, 15) is 0 Å². The van der Waals surface area contributed by atoms with Crippen LogP contribution in [-0.2, 0) is 0 Å². The van der Waals surface area contributed by atoms with Gasteiger partial charge in [0.25, 0.3) is 0 Å². The minimum Gasteiger partial charge on any atom is -0.370 e. The van der Waals surface area contributed by atoms with Crippen molar-refractivity contribution in [1.29, 1.82) is 0 Å². The summed E-state index contributed by atoms with van der Waals surface area (Å²) in [6.07, 6.45) is 1.19. The van der Waals surface area contributed by atoms with E-state index in [0.717, 1.165) is 46.5 Å². The lowest BCUT2D eigenvalue weighted by atomic mass is 10.2. The summed E-state index contributed by atoms with van der Waals surface area (Å²) >= 11 is 6.16. The molecule has 27 heavy (non-hydrogen) atoms. The van der Waals surface area contributed by atoms with Crippen molar-refractivity contribution in [2.24, 2.45) is 0 Å². The highest BCUT2D eigenvalue weighted by atomic mass is 35.5. The van der Waals surface area contributed by atoms with Gasteiger partial charge in [0.05, 0.1) is 16.6 Å². The molecular formula is C20H21ClN6. The fourth-order valence-electron chi connectivity index (χ4n) is 3.87. The van der Waals surface area contributed by atoms with Crippen molar-refractivity contribution >= 4 is 39.2 Å². The molecule has 5 rings (SSSR count). The van der Waals surface area contributed by atoms with Crippen LogP contribution >= 0.6 is 11.6 Å². The molecule has 138 valence electrons. The molecule has 1 atom stereocenters. The van der Waals surface area contributed by atoms with Crippen LogP contribution < -0.4 is 4.90 Å². The van der Waals surface area contributed by atoms with E-state index in [-0.39, 0.29) is 0 Å². The molecular weight excluding hydrogens is 360 g/mol. The maximum atomic E-state index is 6.16. The highest BCUT2D eigenvalue weighted by Crippen LogP contribution is 2.30. The van der Waals surface area contributed by atoms with Gasteiger partial charge in [0.1, 0.15) is 5.69 Å². The molecule has 2 aromatic heterocycles. The van der Waals surface area contributed by atoms with Crippen molar-refractivity contribution in [3.63, 3.8) is 0 Å². The Kier molecular flexibility index (Phi) is 3.84. The van der Waals surface area contributed by atoms with Gasteiger partial charge in [0, 0.05) is 35.2 Å². The Morgan fingerprint density at radius 3 is 2.85 bits per heavy atom.